The Morgan fingerprint density at radius 1 is 0.833 bits per heavy atom. The molecule has 2 nitrogen and oxygen atoms in total. The Morgan fingerprint density at radius 2 is 1.33 bits per heavy atom. The van der Waals surface area contributed by atoms with Crippen LogP contribution in [0, 0.1) is 17.3 Å². The third-order valence-electron chi connectivity index (χ3n) is 4.26. The van der Waals surface area contributed by atoms with Crippen LogP contribution in [0.4, 0.5) is 0 Å². The van der Waals surface area contributed by atoms with Gasteiger partial charge in [-0.3, -0.25) is 0 Å². The molecule has 0 amide bonds. The minimum Gasteiger partial charge on any atom is -0.384 e. The minimum atomic E-state index is 0.204. The lowest BCUT2D eigenvalue weighted by molar-refractivity contribution is -0.0213. The number of hydrogen-bond acceptors (Lipinski definition) is 2. The van der Waals surface area contributed by atoms with Gasteiger partial charge >= 0.3 is 0 Å². The highest BCUT2D eigenvalue weighted by molar-refractivity contribution is 4.83. The number of ether oxygens (including phenoxy) is 2. The Hall–Kier alpha value is -0.0800. The summed E-state index contributed by atoms with van der Waals surface area (Å²) < 4.78 is 11.0. The molecule has 18 heavy (non-hydrogen) atoms. The Kier molecular flexibility index (Phi) is 9.76. The predicted molar refractivity (Wildman–Crippen MR) is 78.9 cm³/mol. The first-order valence-corrected chi connectivity index (χ1v) is 7.55. The van der Waals surface area contributed by atoms with Crippen LogP contribution < -0.4 is 0 Å². The second-order valence-electron chi connectivity index (χ2n) is 5.97. The van der Waals surface area contributed by atoms with Crippen LogP contribution in [0.15, 0.2) is 0 Å². The molecule has 0 fully saturated rings. The number of rotatable bonds is 11. The summed E-state index contributed by atoms with van der Waals surface area (Å²) >= 11 is 0. The van der Waals surface area contributed by atoms with Gasteiger partial charge < -0.3 is 9.47 Å². The van der Waals surface area contributed by atoms with E-state index in [2.05, 4.69) is 27.7 Å². The van der Waals surface area contributed by atoms with Gasteiger partial charge in [-0.05, 0) is 24.7 Å². The Bertz CT molecular complexity index is 182. The molecule has 0 bridgehead atoms. The maximum Gasteiger partial charge on any atom is 0.0540 e. The third-order valence-corrected chi connectivity index (χ3v) is 4.26. The second kappa shape index (κ2) is 9.80. The van der Waals surface area contributed by atoms with E-state index in [4.69, 9.17) is 9.47 Å². The molecule has 110 valence electrons. The van der Waals surface area contributed by atoms with Crippen molar-refractivity contribution in [2.75, 3.05) is 27.4 Å². The van der Waals surface area contributed by atoms with Gasteiger partial charge in [0.05, 0.1) is 13.2 Å². The Balaban J connectivity index is 4.81. The molecule has 0 aliphatic heterocycles. The Labute approximate surface area is 114 Å². The molecular weight excluding hydrogens is 224 g/mol. The molecule has 0 N–H and O–H groups in total. The van der Waals surface area contributed by atoms with Gasteiger partial charge in [-0.1, -0.05) is 47.0 Å². The molecule has 0 aromatic carbocycles. The lowest BCUT2D eigenvalue weighted by Crippen LogP contribution is -2.35. The van der Waals surface area contributed by atoms with Crippen molar-refractivity contribution in [1.29, 1.82) is 0 Å². The van der Waals surface area contributed by atoms with Crippen molar-refractivity contribution in [2.24, 2.45) is 17.3 Å². The van der Waals surface area contributed by atoms with Crippen molar-refractivity contribution < 1.29 is 9.47 Å². The summed E-state index contributed by atoms with van der Waals surface area (Å²) in [6, 6.07) is 0. The highest BCUT2D eigenvalue weighted by Gasteiger charge is 2.33. The average Bonchev–Trinajstić information content (AvgIpc) is 2.36. The zero-order valence-corrected chi connectivity index (χ0v) is 13.4. The van der Waals surface area contributed by atoms with Crippen molar-refractivity contribution in [3.05, 3.63) is 0 Å². The normalized spacial score (nSPS) is 14.2. The summed E-state index contributed by atoms with van der Waals surface area (Å²) in [7, 11) is 3.63. The van der Waals surface area contributed by atoms with Crippen LogP contribution >= 0.6 is 0 Å². The summed E-state index contributed by atoms with van der Waals surface area (Å²) in [5, 5.41) is 0. The number of methoxy groups -OCH3 is 2. The molecule has 0 saturated heterocycles. The van der Waals surface area contributed by atoms with Crippen molar-refractivity contribution in [3.63, 3.8) is 0 Å². The topological polar surface area (TPSA) is 18.5 Å². The van der Waals surface area contributed by atoms with Crippen LogP contribution in [0.2, 0.25) is 0 Å². The molecule has 1 unspecified atom stereocenters. The molecule has 0 aromatic heterocycles. The van der Waals surface area contributed by atoms with E-state index in [0.29, 0.717) is 0 Å². The molecule has 1 atom stereocenters. The maximum absolute atomic E-state index is 5.52. The number of hydrogen-bond donors (Lipinski definition) is 0. The fourth-order valence-electron chi connectivity index (χ4n) is 3.05. The molecule has 0 aliphatic rings. The van der Waals surface area contributed by atoms with Gasteiger partial charge in [0, 0.05) is 19.6 Å². The van der Waals surface area contributed by atoms with Crippen LogP contribution in [0.5, 0.6) is 0 Å². The smallest absolute Gasteiger partial charge is 0.0540 e. The predicted octanol–water partition coefficient (Wildman–Crippen LogP) is 4.53. The van der Waals surface area contributed by atoms with E-state index in [9.17, 15) is 0 Å². The summed E-state index contributed by atoms with van der Waals surface area (Å²) in [5.74, 6) is 1.53. The minimum absolute atomic E-state index is 0.204. The van der Waals surface area contributed by atoms with Crippen LogP contribution in [0.1, 0.15) is 59.8 Å². The quantitative estimate of drug-likeness (QED) is 0.542. The van der Waals surface area contributed by atoms with Crippen LogP contribution in [0.3, 0.4) is 0 Å². The molecule has 0 radical (unpaired) electrons. The summed E-state index contributed by atoms with van der Waals surface area (Å²) in [5.41, 5.74) is 0.204. The van der Waals surface area contributed by atoms with Gasteiger partial charge in [0.2, 0.25) is 0 Å². The highest BCUT2D eigenvalue weighted by Crippen LogP contribution is 2.37. The van der Waals surface area contributed by atoms with E-state index in [1.807, 2.05) is 14.2 Å². The van der Waals surface area contributed by atoms with Crippen molar-refractivity contribution in [1.82, 2.24) is 0 Å². The van der Waals surface area contributed by atoms with E-state index >= 15 is 0 Å². The van der Waals surface area contributed by atoms with Gasteiger partial charge in [0.15, 0.2) is 0 Å². The summed E-state index contributed by atoms with van der Waals surface area (Å²) in [6.07, 6.45) is 6.18. The Morgan fingerprint density at radius 3 is 1.67 bits per heavy atom. The van der Waals surface area contributed by atoms with Gasteiger partial charge in [0.25, 0.3) is 0 Å². The standard InChI is InChI=1S/C16H34O2/c1-7-14(4)10-16(12-17-5,13-18-6)11-15(8-2)9-3/h14-15H,7-13H2,1-6H3. The molecule has 0 spiro atoms. The van der Waals surface area contributed by atoms with E-state index in [1.165, 1.54) is 32.1 Å². The molecule has 2 heteroatoms. The average molecular weight is 258 g/mol. The molecule has 0 rings (SSSR count). The zero-order valence-electron chi connectivity index (χ0n) is 13.4. The van der Waals surface area contributed by atoms with Crippen molar-refractivity contribution in [2.45, 2.75) is 59.8 Å². The fraction of sp³-hybridized carbons (Fsp3) is 1.00. The third kappa shape index (κ3) is 6.19. The van der Waals surface area contributed by atoms with Gasteiger partial charge in [-0.25, -0.2) is 0 Å². The van der Waals surface area contributed by atoms with Crippen molar-refractivity contribution >= 4 is 0 Å². The molecule has 0 aliphatic carbocycles. The van der Waals surface area contributed by atoms with Gasteiger partial charge in [-0.15, -0.1) is 0 Å². The summed E-state index contributed by atoms with van der Waals surface area (Å²) in [6.45, 7) is 10.8. The first-order valence-electron chi connectivity index (χ1n) is 7.55. The molecule has 0 aromatic rings. The molecular formula is C16H34O2. The molecule has 0 saturated carbocycles. The largest absolute Gasteiger partial charge is 0.384 e. The van der Waals surface area contributed by atoms with E-state index in [0.717, 1.165) is 25.0 Å². The van der Waals surface area contributed by atoms with Crippen LogP contribution in [-0.2, 0) is 9.47 Å². The SMILES string of the molecule is CCC(C)CC(COC)(COC)CC(CC)CC. The first-order chi connectivity index (χ1) is 8.57. The highest BCUT2D eigenvalue weighted by atomic mass is 16.5. The molecule has 0 heterocycles. The van der Waals surface area contributed by atoms with Gasteiger partial charge in [-0.2, -0.15) is 0 Å². The lowest BCUT2D eigenvalue weighted by Gasteiger charge is -2.37. The van der Waals surface area contributed by atoms with Crippen LogP contribution in [0.25, 0.3) is 0 Å². The van der Waals surface area contributed by atoms with Crippen LogP contribution in [-0.4, -0.2) is 27.4 Å². The van der Waals surface area contributed by atoms with Gasteiger partial charge in [0.1, 0.15) is 0 Å². The van der Waals surface area contributed by atoms with E-state index in [1.54, 1.807) is 0 Å². The fourth-order valence-corrected chi connectivity index (χ4v) is 3.05. The maximum atomic E-state index is 5.52. The first kappa shape index (κ1) is 17.9. The van der Waals surface area contributed by atoms with E-state index < -0.39 is 0 Å². The van der Waals surface area contributed by atoms with E-state index in [-0.39, 0.29) is 5.41 Å². The van der Waals surface area contributed by atoms with Crippen molar-refractivity contribution in [3.8, 4) is 0 Å². The zero-order chi connectivity index (χ0) is 14.0. The summed E-state index contributed by atoms with van der Waals surface area (Å²) in [4.78, 5) is 0. The second-order valence-corrected chi connectivity index (χ2v) is 5.97. The lowest BCUT2D eigenvalue weighted by atomic mass is 9.73. The monoisotopic (exact) mass is 258 g/mol.